The fourth-order valence-corrected chi connectivity index (χ4v) is 5.79. The van der Waals surface area contributed by atoms with Crippen molar-refractivity contribution in [3.63, 3.8) is 0 Å². The lowest BCUT2D eigenvalue weighted by Crippen LogP contribution is -2.40. The Morgan fingerprint density at radius 1 is 0.977 bits per heavy atom. The number of carbonyl (C=O) groups excluding carboxylic acids is 2. The van der Waals surface area contributed by atoms with Crippen molar-refractivity contribution in [3.8, 4) is 11.5 Å². The first kappa shape index (κ1) is 30.4. The minimum absolute atomic E-state index is 0.117. The average molecular weight is 617 g/mol. The van der Waals surface area contributed by atoms with Gasteiger partial charge in [-0.3, -0.25) is 9.36 Å². The van der Waals surface area contributed by atoms with Gasteiger partial charge in [0.15, 0.2) is 22.9 Å². The number of hydrogen-bond donors (Lipinski definition) is 0. The lowest BCUT2D eigenvalue weighted by Gasteiger charge is -2.25. The first-order valence-electron chi connectivity index (χ1n) is 13.8. The van der Waals surface area contributed by atoms with Crippen molar-refractivity contribution in [2.75, 3.05) is 26.9 Å². The summed E-state index contributed by atoms with van der Waals surface area (Å²) in [7, 11) is 1.47. The molecule has 0 bridgehead atoms. The van der Waals surface area contributed by atoms with Crippen LogP contribution in [0.25, 0.3) is 11.8 Å². The number of thiazole rings is 1. The number of ether oxygens (including phenoxy) is 4. The van der Waals surface area contributed by atoms with Crippen LogP contribution in [0.15, 0.2) is 88.2 Å². The van der Waals surface area contributed by atoms with Crippen molar-refractivity contribution in [3.05, 3.63) is 121 Å². The van der Waals surface area contributed by atoms with E-state index in [0.717, 1.165) is 11.3 Å². The molecule has 1 aromatic heterocycles. The number of carbonyl (C=O) groups is 2. The molecule has 0 radical (unpaired) electrons. The first-order chi connectivity index (χ1) is 21.3. The molecule has 226 valence electrons. The van der Waals surface area contributed by atoms with Gasteiger partial charge in [0.1, 0.15) is 5.82 Å². The van der Waals surface area contributed by atoms with Gasteiger partial charge in [0, 0.05) is 5.56 Å². The van der Waals surface area contributed by atoms with Crippen LogP contribution in [0.2, 0.25) is 0 Å². The minimum Gasteiger partial charge on any atom is -0.493 e. The van der Waals surface area contributed by atoms with E-state index in [4.69, 9.17) is 23.9 Å². The van der Waals surface area contributed by atoms with E-state index in [1.165, 1.54) is 23.8 Å². The lowest BCUT2D eigenvalue weighted by atomic mass is 9.93. The molecule has 3 aromatic carbocycles. The Labute approximate surface area is 256 Å². The molecule has 11 heteroatoms. The summed E-state index contributed by atoms with van der Waals surface area (Å²) in [5.74, 6) is -0.887. The largest absolute Gasteiger partial charge is 0.493 e. The van der Waals surface area contributed by atoms with Crippen LogP contribution in [0.1, 0.15) is 36.6 Å². The quantitative estimate of drug-likeness (QED) is 0.248. The van der Waals surface area contributed by atoms with Crippen molar-refractivity contribution in [1.82, 2.24) is 4.57 Å². The molecule has 0 spiro atoms. The van der Waals surface area contributed by atoms with Gasteiger partial charge in [0.05, 0.1) is 42.2 Å². The molecule has 0 fully saturated rings. The highest BCUT2D eigenvalue weighted by Crippen LogP contribution is 2.35. The van der Waals surface area contributed by atoms with Gasteiger partial charge in [0.25, 0.3) is 5.56 Å². The summed E-state index contributed by atoms with van der Waals surface area (Å²) in [6.07, 6.45) is 1.68. The van der Waals surface area contributed by atoms with Crippen molar-refractivity contribution in [2.45, 2.75) is 19.9 Å². The monoisotopic (exact) mass is 616 g/mol. The number of rotatable bonds is 10. The van der Waals surface area contributed by atoms with E-state index in [1.807, 2.05) is 30.3 Å². The maximum absolute atomic E-state index is 14.0. The number of hydrogen-bond acceptors (Lipinski definition) is 9. The molecule has 0 amide bonds. The van der Waals surface area contributed by atoms with Crippen LogP contribution in [-0.4, -0.2) is 43.4 Å². The highest BCUT2D eigenvalue weighted by molar-refractivity contribution is 7.07. The zero-order valence-electron chi connectivity index (χ0n) is 24.2. The number of fused-ring (bicyclic) bond motifs is 1. The molecule has 0 N–H and O–H groups in total. The summed E-state index contributed by atoms with van der Waals surface area (Å²) in [4.78, 5) is 44.4. The maximum atomic E-state index is 14.0. The number of nitrogens with zero attached hydrogens (tertiary/aromatic N) is 2. The van der Waals surface area contributed by atoms with Gasteiger partial charge in [-0.2, -0.15) is 0 Å². The third kappa shape index (κ3) is 6.32. The van der Waals surface area contributed by atoms with Crippen LogP contribution in [0.4, 0.5) is 4.39 Å². The SMILES string of the molecule is CCOC(=O)COc1ccc(/C=c2/sc3n(c2=O)[C@H](c2ccc(F)cc2)C(C(=O)OCC)=C(c2ccccc2)N=3)cc1OC. The molecule has 4 aromatic rings. The molecule has 5 rings (SSSR count). The van der Waals surface area contributed by atoms with Crippen LogP contribution in [0.3, 0.4) is 0 Å². The summed E-state index contributed by atoms with van der Waals surface area (Å²) < 4.78 is 37.1. The van der Waals surface area contributed by atoms with E-state index in [-0.39, 0.29) is 25.4 Å². The Hall–Kier alpha value is -5.03. The fraction of sp³-hybridized carbons (Fsp3) is 0.212. The summed E-state index contributed by atoms with van der Waals surface area (Å²) in [6, 6.07) is 18.9. The number of esters is 2. The molecule has 9 nitrogen and oxygen atoms in total. The van der Waals surface area contributed by atoms with Gasteiger partial charge in [-0.1, -0.05) is 59.9 Å². The molecule has 0 saturated carbocycles. The second kappa shape index (κ2) is 13.5. The Bertz CT molecular complexity index is 1900. The van der Waals surface area contributed by atoms with Crippen molar-refractivity contribution < 1.29 is 32.9 Å². The third-order valence-electron chi connectivity index (χ3n) is 6.70. The smallest absolute Gasteiger partial charge is 0.344 e. The molecule has 1 aliphatic rings. The predicted molar refractivity (Wildman–Crippen MR) is 163 cm³/mol. The lowest BCUT2D eigenvalue weighted by molar-refractivity contribution is -0.145. The van der Waals surface area contributed by atoms with E-state index in [2.05, 4.69) is 0 Å². The second-order valence-corrected chi connectivity index (χ2v) is 10.5. The predicted octanol–water partition coefficient (Wildman–Crippen LogP) is 4.03. The summed E-state index contributed by atoms with van der Waals surface area (Å²) >= 11 is 1.16. The average Bonchev–Trinajstić information content (AvgIpc) is 3.34. The van der Waals surface area contributed by atoms with E-state index in [1.54, 1.807) is 50.3 Å². The third-order valence-corrected chi connectivity index (χ3v) is 7.68. The standard InChI is InChI=1S/C33H29FN2O7S/c1-4-41-27(37)19-43-24-16-11-20(17-25(24)40-3)18-26-31(38)36-30(22-12-14-23(34)15-13-22)28(32(39)42-5-2)29(35-33(36)44-26)21-9-7-6-8-10-21/h6-18,30H,4-5,19H2,1-3H3/b26-18+/t30-/m1/s1. The van der Waals surface area contributed by atoms with Crippen LogP contribution >= 0.6 is 11.3 Å². The zero-order valence-corrected chi connectivity index (χ0v) is 25.1. The van der Waals surface area contributed by atoms with Gasteiger partial charge < -0.3 is 18.9 Å². The summed E-state index contributed by atoms with van der Waals surface area (Å²) in [5.41, 5.74) is 1.98. The van der Waals surface area contributed by atoms with Crippen molar-refractivity contribution in [2.24, 2.45) is 4.99 Å². The summed E-state index contributed by atoms with van der Waals surface area (Å²) in [5, 5.41) is 0. The first-order valence-corrected chi connectivity index (χ1v) is 14.7. The summed E-state index contributed by atoms with van der Waals surface area (Å²) in [6.45, 7) is 3.49. The molecule has 1 atom stereocenters. The van der Waals surface area contributed by atoms with Gasteiger partial charge >= 0.3 is 11.9 Å². The Morgan fingerprint density at radius 3 is 2.39 bits per heavy atom. The van der Waals surface area contributed by atoms with Crippen LogP contribution in [0, 0.1) is 5.82 Å². The van der Waals surface area contributed by atoms with Gasteiger partial charge in [-0.15, -0.1) is 0 Å². The Morgan fingerprint density at radius 2 is 1.70 bits per heavy atom. The molecule has 0 aliphatic carbocycles. The van der Waals surface area contributed by atoms with Crippen molar-refractivity contribution >= 4 is 35.0 Å². The molecule has 44 heavy (non-hydrogen) atoms. The molecular formula is C33H29FN2O7S. The topological polar surface area (TPSA) is 105 Å². The number of aromatic nitrogens is 1. The van der Waals surface area contributed by atoms with Crippen LogP contribution in [-0.2, 0) is 19.1 Å². The second-order valence-electron chi connectivity index (χ2n) is 9.49. The van der Waals surface area contributed by atoms with E-state index >= 15 is 0 Å². The van der Waals surface area contributed by atoms with Gasteiger partial charge in [0.2, 0.25) is 0 Å². The minimum atomic E-state index is -0.920. The Balaban J connectivity index is 1.67. The number of methoxy groups -OCH3 is 1. The fourth-order valence-electron chi connectivity index (χ4n) is 4.78. The maximum Gasteiger partial charge on any atom is 0.344 e. The van der Waals surface area contributed by atoms with E-state index in [0.29, 0.717) is 43.2 Å². The number of halogens is 1. The molecule has 0 saturated heterocycles. The zero-order chi connectivity index (χ0) is 31.2. The molecule has 1 aliphatic heterocycles. The molecule has 0 unspecified atom stereocenters. The highest BCUT2D eigenvalue weighted by atomic mass is 32.1. The van der Waals surface area contributed by atoms with Gasteiger partial charge in [-0.05, 0) is 55.3 Å². The molecular weight excluding hydrogens is 587 g/mol. The van der Waals surface area contributed by atoms with Crippen molar-refractivity contribution in [1.29, 1.82) is 0 Å². The molecule has 2 heterocycles. The highest BCUT2D eigenvalue weighted by Gasteiger charge is 2.35. The Kier molecular flexibility index (Phi) is 9.35. The van der Waals surface area contributed by atoms with E-state index in [9.17, 15) is 18.8 Å². The number of benzene rings is 3. The van der Waals surface area contributed by atoms with Crippen LogP contribution < -0.4 is 24.4 Å². The van der Waals surface area contributed by atoms with E-state index < -0.39 is 29.4 Å². The van der Waals surface area contributed by atoms with Gasteiger partial charge in [-0.25, -0.2) is 19.0 Å². The van der Waals surface area contributed by atoms with Crippen LogP contribution in [0.5, 0.6) is 11.5 Å². The normalized spacial score (nSPS) is 14.5.